The number of nitriles is 1. The molecule has 0 amide bonds. The average molecular weight is 267 g/mol. The minimum absolute atomic E-state index is 0.739. The molecule has 0 saturated carbocycles. The highest BCUT2D eigenvalue weighted by molar-refractivity contribution is 5.94. The minimum atomic E-state index is 0.739. The first-order valence-corrected chi connectivity index (χ1v) is 7.39. The summed E-state index contributed by atoms with van der Waals surface area (Å²) in [6.07, 6.45) is 4.17. The van der Waals surface area contributed by atoms with Gasteiger partial charge in [0.05, 0.1) is 18.2 Å². The van der Waals surface area contributed by atoms with Crippen molar-refractivity contribution in [1.29, 1.82) is 5.26 Å². The lowest BCUT2D eigenvalue weighted by Gasteiger charge is -2.15. The predicted molar refractivity (Wildman–Crippen MR) is 83.1 cm³/mol. The molecular formula is C18H21NO. The maximum atomic E-state index is 9.34. The monoisotopic (exact) mass is 267 g/mol. The van der Waals surface area contributed by atoms with Crippen molar-refractivity contribution in [2.75, 3.05) is 6.61 Å². The second-order valence-electron chi connectivity index (χ2n) is 5.02. The average Bonchev–Trinajstić information content (AvgIpc) is 2.49. The fraction of sp³-hybridized carbons (Fsp3) is 0.389. The Hall–Kier alpha value is -2.01. The van der Waals surface area contributed by atoms with Crippen molar-refractivity contribution in [3.05, 3.63) is 41.5 Å². The summed E-state index contributed by atoms with van der Waals surface area (Å²) in [4.78, 5) is 0. The Labute approximate surface area is 121 Å². The predicted octanol–water partition coefficient (Wildman–Crippen LogP) is 4.84. The Kier molecular flexibility index (Phi) is 5.01. The highest BCUT2D eigenvalue weighted by Gasteiger charge is 2.12. The van der Waals surface area contributed by atoms with Crippen LogP contribution in [0.15, 0.2) is 30.3 Å². The minimum Gasteiger partial charge on any atom is -0.493 e. The Morgan fingerprint density at radius 3 is 2.50 bits per heavy atom. The molecule has 0 saturated heterocycles. The van der Waals surface area contributed by atoms with Gasteiger partial charge in [0.25, 0.3) is 0 Å². The van der Waals surface area contributed by atoms with Gasteiger partial charge in [0, 0.05) is 10.8 Å². The third kappa shape index (κ3) is 2.93. The van der Waals surface area contributed by atoms with Crippen molar-refractivity contribution in [1.82, 2.24) is 0 Å². The molecule has 0 aliphatic heterocycles. The topological polar surface area (TPSA) is 33.0 Å². The molecule has 2 aromatic rings. The number of hydrogen-bond acceptors (Lipinski definition) is 2. The lowest BCUT2D eigenvalue weighted by atomic mass is 9.98. The zero-order valence-electron chi connectivity index (χ0n) is 12.3. The maximum Gasteiger partial charge on any atom is 0.130 e. The second-order valence-corrected chi connectivity index (χ2v) is 5.02. The van der Waals surface area contributed by atoms with Crippen LogP contribution >= 0.6 is 0 Å². The number of fused-ring (bicyclic) bond motifs is 1. The van der Waals surface area contributed by atoms with Crippen LogP contribution in [0.4, 0.5) is 0 Å². The lowest BCUT2D eigenvalue weighted by molar-refractivity contribution is 0.310. The fourth-order valence-electron chi connectivity index (χ4n) is 2.44. The van der Waals surface area contributed by atoms with Gasteiger partial charge in [-0.2, -0.15) is 5.26 Å². The molecule has 20 heavy (non-hydrogen) atoms. The van der Waals surface area contributed by atoms with Crippen LogP contribution in [-0.4, -0.2) is 6.61 Å². The number of nitrogens with zero attached hydrogens (tertiary/aromatic N) is 1. The van der Waals surface area contributed by atoms with Gasteiger partial charge in [-0.25, -0.2) is 0 Å². The van der Waals surface area contributed by atoms with Crippen molar-refractivity contribution in [2.45, 2.75) is 39.5 Å². The second kappa shape index (κ2) is 6.96. The van der Waals surface area contributed by atoms with E-state index < -0.39 is 0 Å². The molecule has 0 fully saturated rings. The van der Waals surface area contributed by atoms with E-state index in [4.69, 9.17) is 4.74 Å². The van der Waals surface area contributed by atoms with E-state index in [1.54, 1.807) is 0 Å². The zero-order chi connectivity index (χ0) is 14.4. The van der Waals surface area contributed by atoms with Crippen LogP contribution in [0.3, 0.4) is 0 Å². The Balaban J connectivity index is 2.55. The smallest absolute Gasteiger partial charge is 0.130 e. The summed E-state index contributed by atoms with van der Waals surface area (Å²) in [7, 11) is 0. The van der Waals surface area contributed by atoms with Crippen LogP contribution in [0, 0.1) is 11.3 Å². The van der Waals surface area contributed by atoms with E-state index in [0.29, 0.717) is 0 Å². The van der Waals surface area contributed by atoms with Crippen molar-refractivity contribution in [3.8, 4) is 11.8 Å². The van der Waals surface area contributed by atoms with E-state index in [-0.39, 0.29) is 0 Å². The summed E-state index contributed by atoms with van der Waals surface area (Å²) in [5, 5.41) is 11.4. The van der Waals surface area contributed by atoms with Crippen LogP contribution < -0.4 is 4.74 Å². The van der Waals surface area contributed by atoms with Gasteiger partial charge >= 0.3 is 0 Å². The summed E-state index contributed by atoms with van der Waals surface area (Å²) in [5.74, 6) is 0.968. The maximum absolute atomic E-state index is 9.34. The van der Waals surface area contributed by atoms with Gasteiger partial charge in [0.1, 0.15) is 5.75 Å². The third-order valence-electron chi connectivity index (χ3n) is 3.46. The van der Waals surface area contributed by atoms with Gasteiger partial charge in [-0.1, -0.05) is 51.0 Å². The van der Waals surface area contributed by atoms with Crippen LogP contribution in [0.25, 0.3) is 10.8 Å². The summed E-state index contributed by atoms with van der Waals surface area (Å²) < 4.78 is 6.03. The Bertz CT molecular complexity index is 625. The van der Waals surface area contributed by atoms with Crippen molar-refractivity contribution in [3.63, 3.8) is 0 Å². The zero-order valence-corrected chi connectivity index (χ0v) is 12.3. The third-order valence-corrected chi connectivity index (χ3v) is 3.46. The van der Waals surface area contributed by atoms with Gasteiger partial charge in [0.2, 0.25) is 0 Å². The first-order chi connectivity index (χ1) is 9.81. The number of rotatable bonds is 6. The van der Waals surface area contributed by atoms with Gasteiger partial charge < -0.3 is 4.74 Å². The van der Waals surface area contributed by atoms with Crippen LogP contribution in [0.1, 0.15) is 44.2 Å². The number of aryl methyl sites for hydroxylation is 1. The molecule has 0 aliphatic carbocycles. The lowest BCUT2D eigenvalue weighted by Crippen LogP contribution is -2.02. The molecule has 0 heterocycles. The molecule has 2 nitrogen and oxygen atoms in total. The summed E-state index contributed by atoms with van der Waals surface area (Å²) >= 11 is 0. The highest BCUT2D eigenvalue weighted by atomic mass is 16.5. The van der Waals surface area contributed by atoms with Crippen LogP contribution in [0.2, 0.25) is 0 Å². The quantitative estimate of drug-likeness (QED) is 0.701. The van der Waals surface area contributed by atoms with Crippen molar-refractivity contribution in [2.24, 2.45) is 0 Å². The van der Waals surface area contributed by atoms with Gasteiger partial charge in [-0.05, 0) is 24.5 Å². The number of unbranched alkanes of at least 4 members (excludes halogenated alkanes) is 1. The molecule has 0 radical (unpaired) electrons. The van der Waals surface area contributed by atoms with Gasteiger partial charge in [0.15, 0.2) is 0 Å². The van der Waals surface area contributed by atoms with Crippen molar-refractivity contribution >= 4 is 10.8 Å². The highest BCUT2D eigenvalue weighted by Crippen LogP contribution is 2.33. The molecule has 2 rings (SSSR count). The molecule has 0 spiro atoms. The molecule has 0 aliphatic rings. The van der Waals surface area contributed by atoms with E-state index in [9.17, 15) is 5.26 Å². The molecule has 0 aromatic heterocycles. The molecule has 104 valence electrons. The summed E-state index contributed by atoms with van der Waals surface area (Å²) in [6, 6.07) is 12.3. The molecule has 0 atom stereocenters. The van der Waals surface area contributed by atoms with Gasteiger partial charge in [-0.3, -0.25) is 0 Å². The number of ether oxygens (including phenoxy) is 1. The first kappa shape index (κ1) is 14.4. The van der Waals surface area contributed by atoms with E-state index in [0.717, 1.165) is 59.9 Å². The van der Waals surface area contributed by atoms with Crippen LogP contribution in [0.5, 0.6) is 5.75 Å². The normalized spacial score (nSPS) is 10.4. The van der Waals surface area contributed by atoms with Crippen molar-refractivity contribution < 1.29 is 4.74 Å². The number of hydrogen-bond donors (Lipinski definition) is 0. The Morgan fingerprint density at radius 2 is 1.85 bits per heavy atom. The van der Waals surface area contributed by atoms with Gasteiger partial charge in [-0.15, -0.1) is 0 Å². The SMILES string of the molecule is CCCCOc1c(CCC)cc(C#N)c2ccccc12. The van der Waals surface area contributed by atoms with E-state index in [2.05, 4.69) is 26.0 Å². The molecule has 0 unspecified atom stereocenters. The molecule has 0 N–H and O–H groups in total. The van der Waals surface area contributed by atoms with E-state index in [1.807, 2.05) is 24.3 Å². The number of benzene rings is 2. The van der Waals surface area contributed by atoms with E-state index >= 15 is 0 Å². The molecule has 2 aromatic carbocycles. The molecular weight excluding hydrogens is 246 g/mol. The first-order valence-electron chi connectivity index (χ1n) is 7.39. The standard InChI is InChI=1S/C18H21NO/c1-3-5-11-20-18-14(8-4-2)12-15(13-19)16-9-6-7-10-17(16)18/h6-7,9-10,12H,3-5,8,11H2,1-2H3. The largest absolute Gasteiger partial charge is 0.493 e. The summed E-state index contributed by atoms with van der Waals surface area (Å²) in [6.45, 7) is 5.05. The molecule has 0 bridgehead atoms. The van der Waals surface area contributed by atoms with E-state index in [1.165, 1.54) is 0 Å². The fourth-order valence-corrected chi connectivity index (χ4v) is 2.44. The Morgan fingerprint density at radius 1 is 1.10 bits per heavy atom. The van der Waals surface area contributed by atoms with Crippen LogP contribution in [-0.2, 0) is 6.42 Å². The summed E-state index contributed by atoms with van der Waals surface area (Å²) in [5.41, 5.74) is 1.89. The molecule has 2 heteroatoms.